The summed E-state index contributed by atoms with van der Waals surface area (Å²) in [4.78, 5) is 0. The summed E-state index contributed by atoms with van der Waals surface area (Å²) in [6.45, 7) is 5.59. The molecule has 17 heavy (non-hydrogen) atoms. The summed E-state index contributed by atoms with van der Waals surface area (Å²) in [6, 6.07) is 6.85. The molecule has 0 amide bonds. The second kappa shape index (κ2) is 5.78. The largest absolute Gasteiger partial charge is 0.496 e. The number of nitrogens with one attached hydrogen (secondary N) is 1. The number of hydrogen-bond donors (Lipinski definition) is 1. The van der Waals surface area contributed by atoms with E-state index in [1.165, 1.54) is 17.5 Å². The molecule has 1 heterocycles. The van der Waals surface area contributed by atoms with E-state index in [-0.39, 0.29) is 0 Å². The molecule has 1 aliphatic heterocycles. The van der Waals surface area contributed by atoms with Crippen LogP contribution in [0.4, 0.5) is 0 Å². The second-order valence-electron chi connectivity index (χ2n) is 4.48. The normalized spacial score (nSPS) is 23.2. The molecule has 0 spiro atoms. The predicted octanol–water partition coefficient (Wildman–Crippen LogP) is 3.37. The van der Waals surface area contributed by atoms with Gasteiger partial charge in [0, 0.05) is 22.6 Å². The first-order chi connectivity index (χ1) is 8.27. The molecular formula is C14H21NOS. The predicted molar refractivity (Wildman–Crippen MR) is 74.8 cm³/mol. The van der Waals surface area contributed by atoms with Gasteiger partial charge in [0.25, 0.3) is 0 Å². The van der Waals surface area contributed by atoms with E-state index >= 15 is 0 Å². The minimum Gasteiger partial charge on any atom is -0.496 e. The van der Waals surface area contributed by atoms with Crippen molar-refractivity contribution in [3.63, 3.8) is 0 Å². The smallest absolute Gasteiger partial charge is 0.123 e. The van der Waals surface area contributed by atoms with Gasteiger partial charge in [0.15, 0.2) is 0 Å². The van der Waals surface area contributed by atoms with Crippen molar-refractivity contribution < 1.29 is 4.74 Å². The maximum absolute atomic E-state index is 5.46. The standard InChI is InChI=1S/C14H21NOS/c1-4-8-15-14-10(2)17-9-12-11(14)6-5-7-13(12)16-3/h5-7,10,14-15H,4,8-9H2,1-3H3. The molecule has 0 radical (unpaired) electrons. The van der Waals surface area contributed by atoms with E-state index in [0.29, 0.717) is 11.3 Å². The van der Waals surface area contributed by atoms with Gasteiger partial charge in [-0.05, 0) is 24.6 Å². The number of thioether (sulfide) groups is 1. The lowest BCUT2D eigenvalue weighted by Gasteiger charge is -2.32. The van der Waals surface area contributed by atoms with Crippen LogP contribution >= 0.6 is 11.8 Å². The number of methoxy groups -OCH3 is 1. The Morgan fingerprint density at radius 3 is 3.00 bits per heavy atom. The highest BCUT2D eigenvalue weighted by molar-refractivity contribution is 7.99. The fourth-order valence-corrected chi connectivity index (χ4v) is 3.53. The number of ether oxygens (including phenoxy) is 1. The van der Waals surface area contributed by atoms with Crippen LogP contribution in [0.2, 0.25) is 0 Å². The van der Waals surface area contributed by atoms with Gasteiger partial charge in [-0.1, -0.05) is 26.0 Å². The summed E-state index contributed by atoms with van der Waals surface area (Å²) in [7, 11) is 1.76. The monoisotopic (exact) mass is 251 g/mol. The molecule has 2 nitrogen and oxygen atoms in total. The van der Waals surface area contributed by atoms with Crippen LogP contribution in [0.3, 0.4) is 0 Å². The van der Waals surface area contributed by atoms with E-state index in [1.807, 2.05) is 11.8 Å². The molecule has 0 aliphatic carbocycles. The van der Waals surface area contributed by atoms with Crippen molar-refractivity contribution in [3.05, 3.63) is 29.3 Å². The minimum atomic E-state index is 0.457. The van der Waals surface area contributed by atoms with E-state index in [2.05, 4.69) is 37.4 Å². The molecule has 94 valence electrons. The Morgan fingerprint density at radius 2 is 2.29 bits per heavy atom. The van der Waals surface area contributed by atoms with Crippen LogP contribution in [-0.2, 0) is 5.75 Å². The zero-order chi connectivity index (χ0) is 12.3. The molecule has 1 N–H and O–H groups in total. The van der Waals surface area contributed by atoms with E-state index in [0.717, 1.165) is 18.0 Å². The van der Waals surface area contributed by atoms with Crippen LogP contribution < -0.4 is 10.1 Å². The Hall–Kier alpha value is -0.670. The van der Waals surface area contributed by atoms with Crippen molar-refractivity contribution >= 4 is 11.8 Å². The summed E-state index contributed by atoms with van der Waals surface area (Å²) in [6.07, 6.45) is 1.17. The average molecular weight is 251 g/mol. The van der Waals surface area contributed by atoms with Crippen LogP contribution in [0.15, 0.2) is 18.2 Å². The Labute approximate surface area is 108 Å². The van der Waals surface area contributed by atoms with Gasteiger partial charge in [0.1, 0.15) is 5.75 Å². The lowest BCUT2D eigenvalue weighted by molar-refractivity contribution is 0.407. The van der Waals surface area contributed by atoms with Gasteiger partial charge in [0.2, 0.25) is 0 Å². The van der Waals surface area contributed by atoms with Crippen LogP contribution in [-0.4, -0.2) is 18.9 Å². The molecule has 2 atom stereocenters. The van der Waals surface area contributed by atoms with E-state index in [1.54, 1.807) is 7.11 Å². The highest BCUT2D eigenvalue weighted by Gasteiger charge is 2.28. The molecule has 3 heteroatoms. The topological polar surface area (TPSA) is 21.3 Å². The van der Waals surface area contributed by atoms with Gasteiger partial charge >= 0.3 is 0 Å². The fraction of sp³-hybridized carbons (Fsp3) is 0.571. The minimum absolute atomic E-state index is 0.457. The third-order valence-electron chi connectivity index (χ3n) is 3.30. The maximum Gasteiger partial charge on any atom is 0.123 e. The molecule has 1 aromatic rings. The third-order valence-corrected chi connectivity index (χ3v) is 4.55. The van der Waals surface area contributed by atoms with Crippen molar-refractivity contribution in [2.24, 2.45) is 0 Å². The number of hydrogen-bond acceptors (Lipinski definition) is 3. The summed E-state index contributed by atoms with van der Waals surface area (Å²) in [5.74, 6) is 2.09. The van der Waals surface area contributed by atoms with Crippen LogP contribution in [0.1, 0.15) is 37.4 Å². The van der Waals surface area contributed by atoms with E-state index in [4.69, 9.17) is 4.74 Å². The zero-order valence-electron chi connectivity index (χ0n) is 10.8. The SMILES string of the molecule is CCCNC1c2cccc(OC)c2CSC1C. The molecule has 2 rings (SSSR count). The van der Waals surface area contributed by atoms with E-state index in [9.17, 15) is 0 Å². The van der Waals surface area contributed by atoms with Crippen LogP contribution in [0.25, 0.3) is 0 Å². The first-order valence-electron chi connectivity index (χ1n) is 6.28. The number of rotatable bonds is 4. The Balaban J connectivity index is 2.30. The zero-order valence-corrected chi connectivity index (χ0v) is 11.6. The van der Waals surface area contributed by atoms with Crippen LogP contribution in [0.5, 0.6) is 5.75 Å². The highest BCUT2D eigenvalue weighted by atomic mass is 32.2. The average Bonchev–Trinajstić information content (AvgIpc) is 2.36. The summed E-state index contributed by atoms with van der Waals surface area (Å²) < 4.78 is 5.46. The van der Waals surface area contributed by atoms with Crippen LogP contribution in [0, 0.1) is 0 Å². The molecule has 1 aliphatic rings. The van der Waals surface area contributed by atoms with Crippen molar-refractivity contribution in [2.75, 3.05) is 13.7 Å². The summed E-state index contributed by atoms with van der Waals surface area (Å²) in [5.41, 5.74) is 2.79. The first-order valence-corrected chi connectivity index (χ1v) is 7.33. The van der Waals surface area contributed by atoms with Crippen molar-refractivity contribution in [1.82, 2.24) is 5.32 Å². The highest BCUT2D eigenvalue weighted by Crippen LogP contribution is 2.41. The number of fused-ring (bicyclic) bond motifs is 1. The Kier molecular flexibility index (Phi) is 4.35. The Morgan fingerprint density at radius 1 is 1.47 bits per heavy atom. The molecule has 2 unspecified atom stereocenters. The summed E-state index contributed by atoms with van der Waals surface area (Å²) in [5, 5.41) is 4.28. The van der Waals surface area contributed by atoms with Crippen molar-refractivity contribution in [3.8, 4) is 5.75 Å². The van der Waals surface area contributed by atoms with Gasteiger partial charge in [-0.3, -0.25) is 0 Å². The molecular weight excluding hydrogens is 230 g/mol. The lowest BCUT2D eigenvalue weighted by Crippen LogP contribution is -2.32. The van der Waals surface area contributed by atoms with Gasteiger partial charge < -0.3 is 10.1 Å². The van der Waals surface area contributed by atoms with Crippen molar-refractivity contribution in [2.45, 2.75) is 37.3 Å². The molecule has 1 aromatic carbocycles. The van der Waals surface area contributed by atoms with Crippen molar-refractivity contribution in [1.29, 1.82) is 0 Å². The molecule has 0 saturated carbocycles. The van der Waals surface area contributed by atoms with E-state index < -0.39 is 0 Å². The van der Waals surface area contributed by atoms with Gasteiger partial charge in [0.05, 0.1) is 7.11 Å². The van der Waals surface area contributed by atoms with Gasteiger partial charge in [-0.25, -0.2) is 0 Å². The lowest BCUT2D eigenvalue weighted by atomic mass is 9.97. The second-order valence-corrected chi connectivity index (χ2v) is 5.84. The quantitative estimate of drug-likeness (QED) is 0.886. The fourth-order valence-electron chi connectivity index (χ4n) is 2.36. The first kappa shape index (κ1) is 12.8. The number of benzene rings is 1. The van der Waals surface area contributed by atoms with Gasteiger partial charge in [-0.15, -0.1) is 0 Å². The third kappa shape index (κ3) is 2.61. The van der Waals surface area contributed by atoms with Gasteiger partial charge in [-0.2, -0.15) is 11.8 Å². The molecule has 0 saturated heterocycles. The Bertz CT molecular complexity index is 380. The maximum atomic E-state index is 5.46. The molecule has 0 bridgehead atoms. The summed E-state index contributed by atoms with van der Waals surface area (Å²) >= 11 is 2.01. The molecule has 0 fully saturated rings. The molecule has 0 aromatic heterocycles.